The predicted octanol–water partition coefficient (Wildman–Crippen LogP) is 8.17. The van der Waals surface area contributed by atoms with Gasteiger partial charge in [-0.15, -0.1) is 5.73 Å². The van der Waals surface area contributed by atoms with Crippen molar-refractivity contribution >= 4 is 0 Å². The second kappa shape index (κ2) is 13.6. The molecule has 0 amide bonds. The summed E-state index contributed by atoms with van der Waals surface area (Å²) in [5, 5.41) is 31.2. The highest BCUT2D eigenvalue weighted by atomic mass is 16.6. The zero-order valence-corrected chi connectivity index (χ0v) is 28.6. The molecule has 4 nitrogen and oxygen atoms in total. The van der Waals surface area contributed by atoms with Crippen molar-refractivity contribution < 1.29 is 20.1 Å². The fraction of sp³-hybridized carbons (Fsp3) is 0.525. The molecule has 0 spiro atoms. The van der Waals surface area contributed by atoms with Gasteiger partial charge in [-0.05, 0) is 101 Å². The van der Waals surface area contributed by atoms with Gasteiger partial charge in [-0.25, -0.2) is 0 Å². The topological polar surface area (TPSA) is 73.2 Å². The number of aliphatic hydroxyl groups is 3. The number of allylic oxidation sites excluding steroid dienone is 13. The highest BCUT2D eigenvalue weighted by Crippen LogP contribution is 2.66. The molecule has 0 aromatic heterocycles. The molecule has 3 rings (SSSR count). The summed E-state index contributed by atoms with van der Waals surface area (Å²) in [7, 11) is 0. The Hall–Kier alpha value is -2.90. The summed E-state index contributed by atoms with van der Waals surface area (Å²) >= 11 is 0. The standard InChI is InChI=1S/C40H54O4/c1-29(17-13-19-31(3)21-22-35-36(5,6)25-33(41)27-38(35,9)43)15-11-12-16-30(2)18-14-20-32(4)23-24-40-37(7,8)26-34(42)28-39(40,10)44-40/h13-21,23-24,33-34,41-43H,25-28H2,1-10H3/b17-13+,18-14+,24-23+,29-15+,30-16+,31-19+,32-20-/t22?,33-,34-,38+,39+,40-/m0/s1. The third-order valence-corrected chi connectivity index (χ3v) is 9.25. The Balaban J connectivity index is 1.55. The average Bonchev–Trinajstić information content (AvgIpc) is 3.49. The van der Waals surface area contributed by atoms with Crippen LogP contribution in [-0.2, 0) is 4.74 Å². The van der Waals surface area contributed by atoms with Crippen LogP contribution in [0.4, 0.5) is 0 Å². The summed E-state index contributed by atoms with van der Waals surface area (Å²) in [6.07, 6.45) is 23.8. The van der Waals surface area contributed by atoms with Crippen LogP contribution in [0.15, 0.2) is 100 Å². The lowest BCUT2D eigenvalue weighted by Gasteiger charge is -2.43. The van der Waals surface area contributed by atoms with Crippen molar-refractivity contribution in [2.75, 3.05) is 0 Å². The Kier molecular flexibility index (Phi) is 11.0. The van der Waals surface area contributed by atoms with Gasteiger partial charge in [0.15, 0.2) is 0 Å². The van der Waals surface area contributed by atoms with Crippen molar-refractivity contribution in [1.82, 2.24) is 0 Å². The SMILES string of the molecule is CC(=C/C=C/C(C)=C/C#C/C=C(C)/C=C/C=C(\C)C=C=C1C(C)(C)C[C@H](O)C[C@@]1(C)O)/C=C/[C@@]12O[C@]1(C)C[C@@H](O)CC2(C)C. The number of ether oxygens (including phenoxy) is 1. The molecule has 0 unspecified atom stereocenters. The Bertz CT molecular complexity index is 1410. The van der Waals surface area contributed by atoms with Gasteiger partial charge in [0.25, 0.3) is 0 Å². The van der Waals surface area contributed by atoms with Gasteiger partial charge in [-0.3, -0.25) is 0 Å². The maximum Gasteiger partial charge on any atom is 0.121 e. The van der Waals surface area contributed by atoms with Crippen LogP contribution in [0.3, 0.4) is 0 Å². The molecule has 0 bridgehead atoms. The predicted molar refractivity (Wildman–Crippen MR) is 183 cm³/mol. The average molecular weight is 599 g/mol. The van der Waals surface area contributed by atoms with Crippen LogP contribution in [0, 0.1) is 22.7 Å². The molecular formula is C40H54O4. The van der Waals surface area contributed by atoms with E-state index in [4.69, 9.17) is 4.74 Å². The van der Waals surface area contributed by atoms with Crippen molar-refractivity contribution in [1.29, 1.82) is 0 Å². The van der Waals surface area contributed by atoms with Crippen molar-refractivity contribution in [3.8, 4) is 11.8 Å². The normalized spacial score (nSPS) is 34.2. The van der Waals surface area contributed by atoms with Crippen LogP contribution in [0.1, 0.15) is 94.9 Å². The third kappa shape index (κ3) is 8.63. The Morgan fingerprint density at radius 2 is 1.27 bits per heavy atom. The van der Waals surface area contributed by atoms with Gasteiger partial charge in [-0.2, -0.15) is 0 Å². The van der Waals surface area contributed by atoms with Gasteiger partial charge < -0.3 is 20.1 Å². The van der Waals surface area contributed by atoms with E-state index in [0.29, 0.717) is 19.3 Å². The summed E-state index contributed by atoms with van der Waals surface area (Å²) in [6, 6.07) is 0. The zero-order valence-electron chi connectivity index (χ0n) is 28.6. The molecule has 3 aliphatic rings. The van der Waals surface area contributed by atoms with Crippen molar-refractivity contribution in [3.05, 3.63) is 100 Å². The van der Waals surface area contributed by atoms with E-state index in [9.17, 15) is 15.3 Å². The Morgan fingerprint density at radius 3 is 1.82 bits per heavy atom. The Morgan fingerprint density at radius 1 is 0.727 bits per heavy atom. The molecule has 44 heavy (non-hydrogen) atoms. The van der Waals surface area contributed by atoms with Crippen molar-refractivity contribution in [3.63, 3.8) is 0 Å². The molecule has 1 heterocycles. The zero-order chi connectivity index (χ0) is 33.0. The molecule has 1 saturated heterocycles. The van der Waals surface area contributed by atoms with Crippen LogP contribution in [0.5, 0.6) is 0 Å². The molecule has 0 aromatic carbocycles. The fourth-order valence-corrected chi connectivity index (χ4v) is 7.13. The minimum atomic E-state index is -1.06. The van der Waals surface area contributed by atoms with Crippen LogP contribution in [-0.4, -0.2) is 44.3 Å². The molecule has 2 aliphatic carbocycles. The lowest BCUT2D eigenvalue weighted by molar-refractivity contribution is -0.0268. The number of rotatable bonds is 7. The van der Waals surface area contributed by atoms with E-state index in [1.54, 1.807) is 6.92 Å². The summed E-state index contributed by atoms with van der Waals surface area (Å²) in [4.78, 5) is 0. The van der Waals surface area contributed by atoms with Gasteiger partial charge in [0.05, 0.1) is 17.8 Å². The minimum absolute atomic E-state index is 0.111. The quantitative estimate of drug-likeness (QED) is 0.120. The number of hydrogen-bond donors (Lipinski definition) is 3. The summed E-state index contributed by atoms with van der Waals surface area (Å²) < 4.78 is 6.23. The van der Waals surface area contributed by atoms with E-state index < -0.39 is 11.7 Å². The summed E-state index contributed by atoms with van der Waals surface area (Å²) in [6.45, 7) is 20.5. The third-order valence-electron chi connectivity index (χ3n) is 9.25. The van der Waals surface area contributed by atoms with Crippen LogP contribution >= 0.6 is 0 Å². The molecule has 238 valence electrons. The largest absolute Gasteiger partial charge is 0.393 e. The molecule has 0 radical (unpaired) electrons. The first-order chi connectivity index (χ1) is 20.3. The van der Waals surface area contributed by atoms with Crippen LogP contribution in [0.2, 0.25) is 0 Å². The minimum Gasteiger partial charge on any atom is -0.393 e. The van der Waals surface area contributed by atoms with E-state index >= 15 is 0 Å². The van der Waals surface area contributed by atoms with E-state index in [2.05, 4.69) is 63.5 Å². The maximum absolute atomic E-state index is 10.8. The van der Waals surface area contributed by atoms with Crippen LogP contribution in [0.25, 0.3) is 0 Å². The molecular weight excluding hydrogens is 544 g/mol. The lowest BCUT2D eigenvalue weighted by atomic mass is 9.63. The molecule has 4 heteroatoms. The van der Waals surface area contributed by atoms with Gasteiger partial charge >= 0.3 is 0 Å². The Labute approximate surface area is 266 Å². The molecule has 0 aromatic rings. The maximum atomic E-state index is 10.8. The van der Waals surface area contributed by atoms with Gasteiger partial charge in [0.1, 0.15) is 11.2 Å². The first kappa shape index (κ1) is 35.6. The molecule has 3 N–H and O–H groups in total. The molecule has 2 saturated carbocycles. The van der Waals surface area contributed by atoms with Gasteiger partial charge in [0.2, 0.25) is 0 Å². The highest BCUT2D eigenvalue weighted by molar-refractivity contribution is 5.38. The number of fused-ring (bicyclic) bond motifs is 1. The highest BCUT2D eigenvalue weighted by Gasteiger charge is 2.74. The number of epoxide rings is 1. The first-order valence-electron chi connectivity index (χ1n) is 15.8. The van der Waals surface area contributed by atoms with E-state index in [-0.39, 0.29) is 28.1 Å². The van der Waals surface area contributed by atoms with E-state index in [1.165, 1.54) is 0 Å². The molecule has 5 atom stereocenters. The number of hydrogen-bond acceptors (Lipinski definition) is 4. The lowest BCUT2D eigenvalue weighted by Crippen LogP contribution is -2.46. The smallest absolute Gasteiger partial charge is 0.121 e. The second-order valence-corrected chi connectivity index (χ2v) is 14.8. The monoisotopic (exact) mass is 598 g/mol. The van der Waals surface area contributed by atoms with Crippen molar-refractivity contribution in [2.45, 2.75) is 124 Å². The summed E-state index contributed by atoms with van der Waals surface area (Å²) in [5.74, 6) is 6.20. The van der Waals surface area contributed by atoms with Gasteiger partial charge in [0, 0.05) is 23.8 Å². The van der Waals surface area contributed by atoms with Crippen LogP contribution < -0.4 is 0 Å². The van der Waals surface area contributed by atoms with Gasteiger partial charge in [-0.1, -0.05) is 87.6 Å². The molecule has 1 aliphatic heterocycles. The second-order valence-electron chi connectivity index (χ2n) is 14.8. The summed E-state index contributed by atoms with van der Waals surface area (Å²) in [5.41, 5.74) is 6.36. The number of aliphatic hydroxyl groups excluding tert-OH is 2. The first-order valence-corrected chi connectivity index (χ1v) is 15.8. The van der Waals surface area contributed by atoms with E-state index in [0.717, 1.165) is 34.3 Å². The fourth-order valence-electron chi connectivity index (χ4n) is 7.13. The molecule has 3 fully saturated rings. The van der Waals surface area contributed by atoms with Crippen molar-refractivity contribution in [2.24, 2.45) is 10.8 Å². The van der Waals surface area contributed by atoms with E-state index in [1.807, 2.05) is 83.2 Å².